The average molecular weight is 517 g/mol. The number of hydrogen-bond acceptors (Lipinski definition) is 9. The van der Waals surface area contributed by atoms with Crippen molar-refractivity contribution in [3.05, 3.63) is 47.4 Å². The quantitative estimate of drug-likeness (QED) is 0.210. The summed E-state index contributed by atoms with van der Waals surface area (Å²) in [7, 11) is 3.15. The molecule has 0 fully saturated rings. The molecule has 1 aromatic carbocycles. The lowest BCUT2D eigenvalue weighted by Gasteiger charge is -2.11. The Bertz CT molecular complexity index is 1200. The number of allylic oxidation sites excluding steroid dienone is 1. The minimum atomic E-state index is -0.448. The molecule has 0 aliphatic heterocycles. The van der Waals surface area contributed by atoms with E-state index in [9.17, 15) is 9.59 Å². The second-order valence-electron chi connectivity index (χ2n) is 7.14. The van der Waals surface area contributed by atoms with Gasteiger partial charge in [-0.15, -0.1) is 28.1 Å². The molecule has 9 nitrogen and oxygen atoms in total. The molecule has 2 aromatic heterocycles. The first-order valence-electron chi connectivity index (χ1n) is 10.9. The predicted octanol–water partition coefficient (Wildman–Crippen LogP) is 4.68. The maximum Gasteiger partial charge on any atom is 0.341 e. The summed E-state index contributed by atoms with van der Waals surface area (Å²) in [4.78, 5) is 26.0. The van der Waals surface area contributed by atoms with Gasteiger partial charge in [0, 0.05) is 17.0 Å². The maximum absolute atomic E-state index is 12.7. The van der Waals surface area contributed by atoms with Crippen LogP contribution in [-0.2, 0) is 22.5 Å². The third kappa shape index (κ3) is 6.23. The van der Waals surface area contributed by atoms with Crippen LogP contribution in [0.15, 0.2) is 42.1 Å². The molecule has 0 unspecified atom stereocenters. The van der Waals surface area contributed by atoms with Crippen molar-refractivity contribution in [1.82, 2.24) is 14.8 Å². The van der Waals surface area contributed by atoms with Crippen molar-refractivity contribution in [3.63, 3.8) is 0 Å². The number of aromatic nitrogens is 3. The molecule has 1 N–H and O–H groups in total. The van der Waals surface area contributed by atoms with Gasteiger partial charge in [-0.05, 0) is 37.6 Å². The van der Waals surface area contributed by atoms with Crippen LogP contribution in [0, 0.1) is 0 Å². The number of hydrogen-bond donors (Lipinski definition) is 1. The molecule has 0 spiro atoms. The molecular formula is C24H28N4O5S2. The fraction of sp³-hybridized carbons (Fsp3) is 0.333. The SMILES string of the molecule is C=CCn1c(SCC(=O)Nc2sc(CC)cc2C(=O)OCC)nnc1-c1ccc(OC)c(OC)c1. The summed E-state index contributed by atoms with van der Waals surface area (Å²) < 4.78 is 17.7. The molecule has 2 heterocycles. The molecule has 0 aliphatic carbocycles. The number of nitrogens with zero attached hydrogens (tertiary/aromatic N) is 3. The Hall–Kier alpha value is -3.31. The number of methoxy groups -OCH3 is 2. The van der Waals surface area contributed by atoms with Gasteiger partial charge in [0.25, 0.3) is 0 Å². The second kappa shape index (κ2) is 12.4. The summed E-state index contributed by atoms with van der Waals surface area (Å²) in [5.74, 6) is 1.18. The van der Waals surface area contributed by atoms with Crippen LogP contribution >= 0.6 is 23.1 Å². The number of thiophene rings is 1. The summed E-state index contributed by atoms with van der Waals surface area (Å²) in [5, 5.41) is 12.5. The minimum absolute atomic E-state index is 0.0861. The Labute approximate surface area is 212 Å². The Morgan fingerprint density at radius 1 is 1.17 bits per heavy atom. The van der Waals surface area contributed by atoms with Gasteiger partial charge in [-0.1, -0.05) is 24.8 Å². The molecule has 0 radical (unpaired) electrons. The van der Waals surface area contributed by atoms with E-state index in [0.29, 0.717) is 39.6 Å². The van der Waals surface area contributed by atoms with E-state index in [1.165, 1.54) is 23.1 Å². The van der Waals surface area contributed by atoms with Gasteiger partial charge in [0.15, 0.2) is 22.5 Å². The Kier molecular flexibility index (Phi) is 9.32. The monoisotopic (exact) mass is 516 g/mol. The van der Waals surface area contributed by atoms with Crippen molar-refractivity contribution in [1.29, 1.82) is 0 Å². The lowest BCUT2D eigenvalue weighted by Crippen LogP contribution is -2.16. The zero-order chi connectivity index (χ0) is 25.4. The summed E-state index contributed by atoms with van der Waals surface area (Å²) >= 11 is 2.62. The fourth-order valence-corrected chi connectivity index (χ4v) is 4.99. The van der Waals surface area contributed by atoms with Crippen LogP contribution in [0.4, 0.5) is 5.00 Å². The van der Waals surface area contributed by atoms with Crippen LogP contribution in [0.5, 0.6) is 11.5 Å². The van der Waals surface area contributed by atoms with Crippen LogP contribution in [0.25, 0.3) is 11.4 Å². The fourth-order valence-electron chi connectivity index (χ4n) is 3.24. The van der Waals surface area contributed by atoms with Gasteiger partial charge in [0.1, 0.15) is 5.00 Å². The van der Waals surface area contributed by atoms with E-state index in [0.717, 1.165) is 16.9 Å². The van der Waals surface area contributed by atoms with E-state index in [1.54, 1.807) is 39.4 Å². The summed E-state index contributed by atoms with van der Waals surface area (Å²) in [6.07, 6.45) is 2.49. The Balaban J connectivity index is 1.77. The van der Waals surface area contributed by atoms with Crippen LogP contribution in [0.3, 0.4) is 0 Å². The smallest absolute Gasteiger partial charge is 0.341 e. The molecule has 0 aliphatic rings. The van der Waals surface area contributed by atoms with Gasteiger partial charge in [-0.2, -0.15) is 0 Å². The number of rotatable bonds is 12. The van der Waals surface area contributed by atoms with Crippen LogP contribution in [0.1, 0.15) is 29.1 Å². The van der Waals surface area contributed by atoms with Crippen LogP contribution < -0.4 is 14.8 Å². The maximum atomic E-state index is 12.7. The van der Waals surface area contributed by atoms with Crippen LogP contribution in [-0.4, -0.2) is 53.2 Å². The van der Waals surface area contributed by atoms with Gasteiger partial charge in [-0.25, -0.2) is 4.79 Å². The molecule has 3 rings (SSSR count). The number of ether oxygens (including phenoxy) is 3. The zero-order valence-corrected chi connectivity index (χ0v) is 21.8. The van der Waals surface area contributed by atoms with E-state index >= 15 is 0 Å². The molecule has 35 heavy (non-hydrogen) atoms. The molecule has 0 saturated heterocycles. The summed E-state index contributed by atoms with van der Waals surface area (Å²) in [6.45, 7) is 8.28. The van der Waals surface area contributed by atoms with Crippen molar-refractivity contribution in [2.45, 2.75) is 32.0 Å². The number of nitrogens with one attached hydrogen (secondary N) is 1. The number of aryl methyl sites for hydroxylation is 1. The third-order valence-corrected chi connectivity index (χ3v) is 7.04. The number of benzene rings is 1. The van der Waals surface area contributed by atoms with Gasteiger partial charge in [0.2, 0.25) is 5.91 Å². The average Bonchev–Trinajstić information content (AvgIpc) is 3.46. The lowest BCUT2D eigenvalue weighted by molar-refractivity contribution is -0.113. The molecule has 1 amide bonds. The van der Waals surface area contributed by atoms with Crippen molar-refractivity contribution in [2.24, 2.45) is 0 Å². The van der Waals surface area contributed by atoms with Crippen molar-refractivity contribution >= 4 is 40.0 Å². The third-order valence-electron chi connectivity index (χ3n) is 4.88. The first-order valence-corrected chi connectivity index (χ1v) is 12.7. The predicted molar refractivity (Wildman–Crippen MR) is 138 cm³/mol. The molecule has 0 atom stereocenters. The number of amides is 1. The number of anilines is 1. The van der Waals surface area contributed by atoms with Gasteiger partial charge >= 0.3 is 5.97 Å². The van der Waals surface area contributed by atoms with Crippen molar-refractivity contribution in [3.8, 4) is 22.9 Å². The van der Waals surface area contributed by atoms with E-state index in [2.05, 4.69) is 22.1 Å². The minimum Gasteiger partial charge on any atom is -0.493 e. The number of carbonyl (C=O) groups is 2. The molecule has 0 bridgehead atoms. The highest BCUT2D eigenvalue weighted by Gasteiger charge is 2.20. The summed E-state index contributed by atoms with van der Waals surface area (Å²) in [6, 6.07) is 7.25. The Morgan fingerprint density at radius 2 is 1.94 bits per heavy atom. The van der Waals surface area contributed by atoms with Gasteiger partial charge in [-0.3, -0.25) is 9.36 Å². The molecular weight excluding hydrogens is 488 g/mol. The first-order chi connectivity index (χ1) is 16.9. The van der Waals surface area contributed by atoms with Gasteiger partial charge in [0.05, 0.1) is 32.1 Å². The molecule has 186 valence electrons. The number of esters is 1. The normalized spacial score (nSPS) is 10.6. The largest absolute Gasteiger partial charge is 0.493 e. The Morgan fingerprint density at radius 3 is 2.60 bits per heavy atom. The van der Waals surface area contributed by atoms with E-state index < -0.39 is 5.97 Å². The summed E-state index contributed by atoms with van der Waals surface area (Å²) in [5.41, 5.74) is 1.16. The van der Waals surface area contributed by atoms with Gasteiger partial charge < -0.3 is 19.5 Å². The van der Waals surface area contributed by atoms with Crippen LogP contribution in [0.2, 0.25) is 0 Å². The first kappa shape index (κ1) is 26.3. The zero-order valence-electron chi connectivity index (χ0n) is 20.1. The molecule has 11 heteroatoms. The van der Waals surface area contributed by atoms with E-state index in [-0.39, 0.29) is 18.3 Å². The second-order valence-corrected chi connectivity index (χ2v) is 9.22. The highest BCUT2D eigenvalue weighted by molar-refractivity contribution is 7.99. The number of carbonyl (C=O) groups excluding carboxylic acids is 2. The highest BCUT2D eigenvalue weighted by Crippen LogP contribution is 2.33. The topological polar surface area (TPSA) is 105 Å². The van der Waals surface area contributed by atoms with Crippen molar-refractivity contribution < 1.29 is 23.8 Å². The molecule has 3 aromatic rings. The van der Waals surface area contributed by atoms with Crippen molar-refractivity contribution in [2.75, 3.05) is 31.9 Å². The number of thioether (sulfide) groups is 1. The standard InChI is InChI=1S/C24H28N4O5S2/c1-6-11-28-21(15-9-10-18(31-4)19(12-15)32-5)26-27-24(28)34-14-20(29)25-22-17(23(30)33-8-3)13-16(7-2)35-22/h6,9-10,12-13H,1,7-8,11,14H2,2-5H3,(H,25,29). The highest BCUT2D eigenvalue weighted by atomic mass is 32.2. The van der Waals surface area contributed by atoms with E-state index in [1.807, 2.05) is 23.6 Å². The van der Waals surface area contributed by atoms with E-state index in [4.69, 9.17) is 14.2 Å². The lowest BCUT2D eigenvalue weighted by atomic mass is 10.2. The molecule has 0 saturated carbocycles.